The molecule has 6 rings (SSSR count). The summed E-state index contributed by atoms with van der Waals surface area (Å²) in [6.07, 6.45) is 10.6. The van der Waals surface area contributed by atoms with Crippen LogP contribution < -0.4 is 5.32 Å². The Labute approximate surface area is 189 Å². The molecule has 1 N–H and O–H groups in total. The van der Waals surface area contributed by atoms with Crippen LogP contribution in [0.2, 0.25) is 0 Å². The van der Waals surface area contributed by atoms with Crippen LogP contribution in [0.15, 0.2) is 42.9 Å². The SMILES string of the molecule is CC1(C)CC(N2CC3C[C@@H](Nc4ccc(-c5ccc6nccn6c5)nn4)C[C@@H]3C2)CCO1. The molecule has 2 saturated heterocycles. The van der Waals surface area contributed by atoms with Crippen molar-refractivity contribution in [3.05, 3.63) is 42.9 Å². The minimum atomic E-state index is 0.0278. The highest BCUT2D eigenvalue weighted by atomic mass is 16.5. The van der Waals surface area contributed by atoms with E-state index in [4.69, 9.17) is 4.74 Å². The van der Waals surface area contributed by atoms with Gasteiger partial charge in [-0.1, -0.05) is 0 Å². The van der Waals surface area contributed by atoms with Crippen LogP contribution in [0, 0.1) is 11.8 Å². The molecule has 0 spiro atoms. The molecule has 0 bridgehead atoms. The van der Waals surface area contributed by atoms with Gasteiger partial charge in [0.05, 0.1) is 11.3 Å². The second-order valence-electron chi connectivity index (χ2n) is 10.5. The first-order valence-electron chi connectivity index (χ1n) is 11.9. The maximum Gasteiger partial charge on any atom is 0.148 e. The van der Waals surface area contributed by atoms with Gasteiger partial charge in [0.15, 0.2) is 0 Å². The summed E-state index contributed by atoms with van der Waals surface area (Å²) in [6, 6.07) is 9.35. The Morgan fingerprint density at radius 1 is 1.06 bits per heavy atom. The molecule has 1 saturated carbocycles. The predicted molar refractivity (Wildman–Crippen MR) is 124 cm³/mol. The number of imidazole rings is 1. The van der Waals surface area contributed by atoms with Crippen molar-refractivity contribution in [2.24, 2.45) is 11.8 Å². The van der Waals surface area contributed by atoms with E-state index in [2.05, 4.69) is 51.4 Å². The van der Waals surface area contributed by atoms with E-state index in [-0.39, 0.29) is 5.60 Å². The maximum atomic E-state index is 5.93. The molecule has 3 fully saturated rings. The minimum Gasteiger partial charge on any atom is -0.375 e. The molecule has 3 aliphatic rings. The molecule has 3 aromatic heterocycles. The van der Waals surface area contributed by atoms with Crippen molar-refractivity contribution in [1.29, 1.82) is 0 Å². The van der Waals surface area contributed by atoms with Gasteiger partial charge in [-0.25, -0.2) is 4.98 Å². The van der Waals surface area contributed by atoms with Gasteiger partial charge in [-0.05, 0) is 75.6 Å². The smallest absolute Gasteiger partial charge is 0.148 e. The monoisotopic (exact) mass is 432 g/mol. The standard InChI is InChI=1S/C25H32N6O/c1-25(2)13-21(7-10-32-25)31-15-18-11-20(12-19(18)16-31)27-23-5-4-22(28-29-23)17-3-6-24-26-8-9-30(24)14-17/h3-6,8-9,14,18-21H,7,10-13,15-16H2,1-2H3,(H,27,29)/t18-,19?,20+,21?/m1/s1. The molecular formula is C25H32N6O. The zero-order valence-corrected chi connectivity index (χ0v) is 18.9. The Balaban J connectivity index is 1.05. The number of anilines is 1. The van der Waals surface area contributed by atoms with Crippen molar-refractivity contribution in [3.8, 4) is 11.3 Å². The lowest BCUT2D eigenvalue weighted by Gasteiger charge is -2.40. The molecule has 7 nitrogen and oxygen atoms in total. The number of fused-ring (bicyclic) bond motifs is 2. The van der Waals surface area contributed by atoms with Crippen LogP contribution in [0.1, 0.15) is 39.5 Å². The Morgan fingerprint density at radius 2 is 1.91 bits per heavy atom. The normalized spacial score (nSPS) is 29.9. The summed E-state index contributed by atoms with van der Waals surface area (Å²) < 4.78 is 7.94. The summed E-state index contributed by atoms with van der Waals surface area (Å²) in [7, 11) is 0. The fourth-order valence-corrected chi connectivity index (χ4v) is 6.11. The van der Waals surface area contributed by atoms with Crippen molar-refractivity contribution in [1.82, 2.24) is 24.5 Å². The molecule has 0 aromatic carbocycles. The molecule has 2 aliphatic heterocycles. The van der Waals surface area contributed by atoms with E-state index in [1.54, 1.807) is 6.20 Å². The topological polar surface area (TPSA) is 67.6 Å². The number of hydrogen-bond donors (Lipinski definition) is 1. The van der Waals surface area contributed by atoms with Gasteiger partial charge in [-0.15, -0.1) is 10.2 Å². The van der Waals surface area contributed by atoms with E-state index < -0.39 is 0 Å². The van der Waals surface area contributed by atoms with Crippen LogP contribution in [0.5, 0.6) is 0 Å². The number of nitrogens with one attached hydrogen (secondary N) is 1. The third-order valence-corrected chi connectivity index (χ3v) is 7.67. The molecule has 1 aliphatic carbocycles. The second kappa shape index (κ2) is 7.81. The number of pyridine rings is 1. The third-order valence-electron chi connectivity index (χ3n) is 7.67. The first kappa shape index (κ1) is 20.1. The van der Waals surface area contributed by atoms with Crippen LogP contribution in [-0.4, -0.2) is 61.9 Å². The average Bonchev–Trinajstić information content (AvgIpc) is 3.48. The predicted octanol–water partition coefficient (Wildman–Crippen LogP) is 3.87. The average molecular weight is 433 g/mol. The van der Waals surface area contributed by atoms with E-state index >= 15 is 0 Å². The second-order valence-corrected chi connectivity index (χ2v) is 10.5. The van der Waals surface area contributed by atoms with Crippen LogP contribution in [-0.2, 0) is 4.74 Å². The van der Waals surface area contributed by atoms with Gasteiger partial charge >= 0.3 is 0 Å². The summed E-state index contributed by atoms with van der Waals surface area (Å²) in [5.41, 5.74) is 2.89. The van der Waals surface area contributed by atoms with Crippen LogP contribution in [0.25, 0.3) is 16.9 Å². The van der Waals surface area contributed by atoms with Gasteiger partial charge in [-0.2, -0.15) is 0 Å². The Bertz CT molecular complexity index is 1080. The summed E-state index contributed by atoms with van der Waals surface area (Å²) in [6.45, 7) is 7.85. The highest BCUT2D eigenvalue weighted by Gasteiger charge is 2.44. The van der Waals surface area contributed by atoms with Gasteiger partial charge in [0, 0.05) is 55.9 Å². The van der Waals surface area contributed by atoms with Crippen LogP contribution in [0.4, 0.5) is 5.82 Å². The number of rotatable bonds is 4. The van der Waals surface area contributed by atoms with Gasteiger partial charge in [0.25, 0.3) is 0 Å². The molecule has 3 aromatic rings. The zero-order chi connectivity index (χ0) is 21.7. The third kappa shape index (κ3) is 3.88. The number of aromatic nitrogens is 4. The quantitative estimate of drug-likeness (QED) is 0.675. The molecule has 168 valence electrons. The van der Waals surface area contributed by atoms with E-state index in [9.17, 15) is 0 Å². The van der Waals surface area contributed by atoms with E-state index in [0.717, 1.165) is 47.6 Å². The van der Waals surface area contributed by atoms with Gasteiger partial charge in [0.2, 0.25) is 0 Å². The molecule has 7 heteroatoms. The fourth-order valence-electron chi connectivity index (χ4n) is 6.11. The van der Waals surface area contributed by atoms with Crippen molar-refractivity contribution in [2.45, 2.75) is 57.2 Å². The van der Waals surface area contributed by atoms with Crippen molar-refractivity contribution in [3.63, 3.8) is 0 Å². The Kier molecular flexibility index (Phi) is 4.91. The van der Waals surface area contributed by atoms with Gasteiger partial charge in [-0.3, -0.25) is 4.90 Å². The first-order valence-corrected chi connectivity index (χ1v) is 11.9. The number of ether oxygens (including phenoxy) is 1. The summed E-state index contributed by atoms with van der Waals surface area (Å²) in [5.74, 6) is 2.48. The molecule has 4 atom stereocenters. The zero-order valence-electron chi connectivity index (χ0n) is 18.9. The van der Waals surface area contributed by atoms with Crippen LogP contribution in [0.3, 0.4) is 0 Å². The highest BCUT2D eigenvalue weighted by molar-refractivity contribution is 5.61. The van der Waals surface area contributed by atoms with Gasteiger partial charge in [0.1, 0.15) is 11.5 Å². The molecule has 5 heterocycles. The lowest BCUT2D eigenvalue weighted by atomic mass is 9.93. The van der Waals surface area contributed by atoms with E-state index in [0.29, 0.717) is 12.1 Å². The summed E-state index contributed by atoms with van der Waals surface area (Å²) >= 11 is 0. The lowest BCUT2D eigenvalue weighted by molar-refractivity contribution is -0.0811. The fraction of sp³-hybridized carbons (Fsp3) is 0.560. The van der Waals surface area contributed by atoms with Gasteiger partial charge < -0.3 is 14.5 Å². The first-order chi connectivity index (χ1) is 15.5. The lowest BCUT2D eigenvalue weighted by Crippen LogP contribution is -2.45. The molecule has 2 unspecified atom stereocenters. The molecular weight excluding hydrogens is 400 g/mol. The Hall–Kier alpha value is -2.51. The highest BCUT2D eigenvalue weighted by Crippen LogP contribution is 2.41. The van der Waals surface area contributed by atoms with E-state index in [1.165, 1.54) is 32.4 Å². The van der Waals surface area contributed by atoms with Crippen molar-refractivity contribution < 1.29 is 4.74 Å². The van der Waals surface area contributed by atoms with E-state index in [1.807, 2.05) is 28.9 Å². The Morgan fingerprint density at radius 3 is 2.66 bits per heavy atom. The van der Waals surface area contributed by atoms with Crippen LogP contribution >= 0.6 is 0 Å². The number of nitrogens with zero attached hydrogens (tertiary/aromatic N) is 5. The molecule has 0 radical (unpaired) electrons. The molecule has 0 amide bonds. The summed E-state index contributed by atoms with van der Waals surface area (Å²) in [5, 5.41) is 12.6. The van der Waals surface area contributed by atoms with Crippen molar-refractivity contribution in [2.75, 3.05) is 25.0 Å². The summed E-state index contributed by atoms with van der Waals surface area (Å²) in [4.78, 5) is 7.05. The number of hydrogen-bond acceptors (Lipinski definition) is 6. The number of likely N-dealkylation sites (tertiary alicyclic amines) is 1. The molecule has 32 heavy (non-hydrogen) atoms. The largest absolute Gasteiger partial charge is 0.375 e. The maximum absolute atomic E-state index is 5.93. The van der Waals surface area contributed by atoms with Crippen molar-refractivity contribution >= 4 is 11.5 Å². The minimum absolute atomic E-state index is 0.0278.